The van der Waals surface area contributed by atoms with E-state index < -0.39 is 0 Å². The van der Waals surface area contributed by atoms with E-state index in [2.05, 4.69) is 11.9 Å². The second kappa shape index (κ2) is 4.03. The number of carbonyl (C=O) groups is 2. The zero-order valence-corrected chi connectivity index (χ0v) is 7.72. The lowest BCUT2D eigenvalue weighted by atomic mass is 9.96. The van der Waals surface area contributed by atoms with Crippen molar-refractivity contribution in [1.82, 2.24) is 5.32 Å². The Labute approximate surface area is 77.5 Å². The zero-order chi connectivity index (χ0) is 9.84. The summed E-state index contributed by atoms with van der Waals surface area (Å²) in [5, 5.41) is 2.65. The van der Waals surface area contributed by atoms with E-state index in [9.17, 15) is 9.59 Å². The molecule has 13 heavy (non-hydrogen) atoms. The molecule has 1 amide bonds. The Hall–Kier alpha value is -1.38. The number of amides is 1. The molecule has 0 aromatic rings. The van der Waals surface area contributed by atoms with E-state index in [-0.39, 0.29) is 11.7 Å². The lowest BCUT2D eigenvalue weighted by Gasteiger charge is -2.16. The monoisotopic (exact) mass is 179 g/mol. The van der Waals surface area contributed by atoms with Crippen molar-refractivity contribution in [1.29, 1.82) is 0 Å². The molecule has 0 saturated heterocycles. The van der Waals surface area contributed by atoms with E-state index in [1.165, 1.54) is 6.08 Å². The number of hydrogen-bond acceptors (Lipinski definition) is 2. The maximum atomic E-state index is 11.2. The van der Waals surface area contributed by atoms with Crippen molar-refractivity contribution in [3.63, 3.8) is 0 Å². The van der Waals surface area contributed by atoms with Gasteiger partial charge in [-0.15, -0.1) is 0 Å². The topological polar surface area (TPSA) is 46.2 Å². The van der Waals surface area contributed by atoms with Crippen LogP contribution in [0.15, 0.2) is 23.9 Å². The first-order chi connectivity index (χ1) is 6.15. The summed E-state index contributed by atoms with van der Waals surface area (Å²) in [5.41, 5.74) is 1.43. The Kier molecular flexibility index (Phi) is 3.01. The first kappa shape index (κ1) is 9.71. The highest BCUT2D eigenvalue weighted by atomic mass is 16.1. The van der Waals surface area contributed by atoms with Crippen molar-refractivity contribution in [2.45, 2.75) is 26.2 Å². The van der Waals surface area contributed by atoms with Crippen LogP contribution in [0.5, 0.6) is 0 Å². The molecular weight excluding hydrogens is 166 g/mol. The fourth-order valence-electron chi connectivity index (χ4n) is 1.33. The molecule has 3 nitrogen and oxygen atoms in total. The van der Waals surface area contributed by atoms with E-state index in [0.717, 1.165) is 18.5 Å². The van der Waals surface area contributed by atoms with Crippen molar-refractivity contribution in [2.75, 3.05) is 0 Å². The minimum Gasteiger partial charge on any atom is -0.326 e. The van der Waals surface area contributed by atoms with Crippen molar-refractivity contribution in [2.24, 2.45) is 0 Å². The van der Waals surface area contributed by atoms with E-state index >= 15 is 0 Å². The van der Waals surface area contributed by atoms with Gasteiger partial charge in [0.05, 0.1) is 0 Å². The van der Waals surface area contributed by atoms with Crippen molar-refractivity contribution in [3.8, 4) is 0 Å². The van der Waals surface area contributed by atoms with Gasteiger partial charge in [0, 0.05) is 17.7 Å². The Morgan fingerprint density at radius 2 is 2.23 bits per heavy atom. The average Bonchev–Trinajstić information content (AvgIpc) is 2.13. The van der Waals surface area contributed by atoms with Crippen molar-refractivity contribution >= 4 is 11.7 Å². The van der Waals surface area contributed by atoms with Crippen LogP contribution >= 0.6 is 0 Å². The van der Waals surface area contributed by atoms with Crippen LogP contribution in [-0.2, 0) is 9.59 Å². The molecule has 0 aromatic carbocycles. The summed E-state index contributed by atoms with van der Waals surface area (Å²) in [7, 11) is 0. The Balaban J connectivity index is 2.77. The number of rotatable bonds is 2. The number of hydrogen-bond donors (Lipinski definition) is 1. The van der Waals surface area contributed by atoms with Gasteiger partial charge in [-0.25, -0.2) is 0 Å². The standard InChI is InChI=1S/C10H13NO2/c1-3-10(13)11-8-5-4-6-9(12)7(8)2/h3H,1,4-6H2,2H3,(H,11,13). The van der Waals surface area contributed by atoms with Crippen LogP contribution in [0.2, 0.25) is 0 Å². The van der Waals surface area contributed by atoms with Gasteiger partial charge in [-0.1, -0.05) is 6.58 Å². The largest absolute Gasteiger partial charge is 0.326 e. The number of allylic oxidation sites excluding steroid dienone is 2. The highest BCUT2D eigenvalue weighted by Crippen LogP contribution is 2.19. The Morgan fingerprint density at radius 1 is 1.54 bits per heavy atom. The number of Topliss-reactive ketones (excluding diaryl/α,β-unsaturated/α-hetero) is 1. The molecule has 1 aliphatic rings. The summed E-state index contributed by atoms with van der Waals surface area (Å²) in [6.45, 7) is 5.10. The molecule has 1 N–H and O–H groups in total. The summed E-state index contributed by atoms with van der Waals surface area (Å²) in [6.07, 6.45) is 3.40. The predicted octanol–water partition coefficient (Wildman–Crippen LogP) is 1.32. The number of nitrogens with one attached hydrogen (secondary N) is 1. The highest BCUT2D eigenvalue weighted by molar-refractivity contribution is 5.97. The normalized spacial score (nSPS) is 17.2. The average molecular weight is 179 g/mol. The minimum atomic E-state index is -0.246. The molecule has 0 fully saturated rings. The SMILES string of the molecule is C=CC(=O)NC1=C(C)C(=O)CCC1. The van der Waals surface area contributed by atoms with Gasteiger partial charge in [0.1, 0.15) is 0 Å². The first-order valence-electron chi connectivity index (χ1n) is 4.31. The second-order valence-corrected chi connectivity index (χ2v) is 3.07. The molecular formula is C10H13NO2. The van der Waals surface area contributed by atoms with Crippen LogP contribution in [0.3, 0.4) is 0 Å². The molecule has 0 aromatic heterocycles. The van der Waals surface area contributed by atoms with E-state index in [1.54, 1.807) is 6.92 Å². The van der Waals surface area contributed by atoms with Crippen LogP contribution in [0, 0.1) is 0 Å². The van der Waals surface area contributed by atoms with Gasteiger partial charge in [0.2, 0.25) is 5.91 Å². The smallest absolute Gasteiger partial charge is 0.247 e. The van der Waals surface area contributed by atoms with Crippen molar-refractivity contribution in [3.05, 3.63) is 23.9 Å². The maximum absolute atomic E-state index is 11.2. The van der Waals surface area contributed by atoms with Gasteiger partial charge in [-0.2, -0.15) is 0 Å². The minimum absolute atomic E-state index is 0.130. The fourth-order valence-corrected chi connectivity index (χ4v) is 1.33. The molecule has 0 heterocycles. The molecule has 0 saturated carbocycles. The van der Waals surface area contributed by atoms with Gasteiger partial charge in [-0.05, 0) is 25.8 Å². The third-order valence-corrected chi connectivity index (χ3v) is 2.16. The van der Waals surface area contributed by atoms with Crippen LogP contribution in [0.1, 0.15) is 26.2 Å². The third-order valence-electron chi connectivity index (χ3n) is 2.16. The molecule has 0 radical (unpaired) electrons. The maximum Gasteiger partial charge on any atom is 0.247 e. The van der Waals surface area contributed by atoms with Gasteiger partial charge in [-0.3, -0.25) is 9.59 Å². The molecule has 3 heteroatoms. The summed E-state index contributed by atoms with van der Waals surface area (Å²) in [5.74, 6) is -0.116. The lowest BCUT2D eigenvalue weighted by Crippen LogP contribution is -2.25. The zero-order valence-electron chi connectivity index (χ0n) is 7.72. The highest BCUT2D eigenvalue weighted by Gasteiger charge is 2.17. The second-order valence-electron chi connectivity index (χ2n) is 3.07. The van der Waals surface area contributed by atoms with Crippen LogP contribution in [0.4, 0.5) is 0 Å². The van der Waals surface area contributed by atoms with Gasteiger partial charge < -0.3 is 5.32 Å². The summed E-state index contributed by atoms with van der Waals surface area (Å²) < 4.78 is 0. The third kappa shape index (κ3) is 2.28. The quantitative estimate of drug-likeness (QED) is 0.650. The van der Waals surface area contributed by atoms with Gasteiger partial charge >= 0.3 is 0 Å². The van der Waals surface area contributed by atoms with Crippen LogP contribution < -0.4 is 5.32 Å². The van der Waals surface area contributed by atoms with Gasteiger partial charge in [0.25, 0.3) is 0 Å². The first-order valence-corrected chi connectivity index (χ1v) is 4.31. The van der Waals surface area contributed by atoms with E-state index in [1.807, 2.05) is 0 Å². The molecule has 1 rings (SSSR count). The molecule has 0 atom stereocenters. The molecule has 0 spiro atoms. The fraction of sp³-hybridized carbons (Fsp3) is 0.400. The number of ketones is 1. The molecule has 0 unspecified atom stereocenters. The van der Waals surface area contributed by atoms with Gasteiger partial charge in [0.15, 0.2) is 5.78 Å². The van der Waals surface area contributed by atoms with Crippen LogP contribution in [0.25, 0.3) is 0 Å². The summed E-state index contributed by atoms with van der Waals surface area (Å²) in [4.78, 5) is 22.2. The predicted molar refractivity (Wildman–Crippen MR) is 49.9 cm³/mol. The summed E-state index contributed by atoms with van der Waals surface area (Å²) >= 11 is 0. The number of carbonyl (C=O) groups excluding carboxylic acids is 2. The van der Waals surface area contributed by atoms with Crippen LogP contribution in [-0.4, -0.2) is 11.7 Å². The van der Waals surface area contributed by atoms with E-state index in [4.69, 9.17) is 0 Å². The molecule has 0 bridgehead atoms. The Morgan fingerprint density at radius 3 is 2.85 bits per heavy atom. The van der Waals surface area contributed by atoms with Crippen molar-refractivity contribution < 1.29 is 9.59 Å². The Bertz CT molecular complexity index is 289. The summed E-state index contributed by atoms with van der Waals surface area (Å²) in [6, 6.07) is 0. The molecule has 1 aliphatic carbocycles. The molecule has 0 aliphatic heterocycles. The molecule has 70 valence electrons. The lowest BCUT2D eigenvalue weighted by molar-refractivity contribution is -0.116. The van der Waals surface area contributed by atoms with E-state index in [0.29, 0.717) is 12.0 Å².